The van der Waals surface area contributed by atoms with E-state index in [2.05, 4.69) is 22.5 Å². The van der Waals surface area contributed by atoms with Crippen LogP contribution < -0.4 is 16.0 Å². The van der Waals surface area contributed by atoms with Crippen LogP contribution in [-0.4, -0.2) is 18.5 Å². The van der Waals surface area contributed by atoms with Gasteiger partial charge in [-0.1, -0.05) is 56.0 Å². The minimum absolute atomic E-state index is 0.166. The Morgan fingerprint density at radius 2 is 1.62 bits per heavy atom. The summed E-state index contributed by atoms with van der Waals surface area (Å²) in [6.07, 6.45) is 0.619. The molecule has 6 nitrogen and oxygen atoms in total. The summed E-state index contributed by atoms with van der Waals surface area (Å²) in [4.78, 5) is 25.8. The van der Waals surface area contributed by atoms with Crippen molar-refractivity contribution in [3.63, 3.8) is 0 Å². The molecule has 1 atom stereocenters. The molecule has 3 N–H and O–H groups in total. The highest BCUT2D eigenvalue weighted by atomic mass is 16.5. The Morgan fingerprint density at radius 3 is 2.24 bits per heavy atom. The maximum atomic E-state index is 13.1. The Hall–Kier alpha value is -3.54. The summed E-state index contributed by atoms with van der Waals surface area (Å²) in [6, 6.07) is 17.0. The van der Waals surface area contributed by atoms with Crippen molar-refractivity contribution in [2.75, 3.05) is 17.2 Å². The first kappa shape index (κ1) is 20.2. The molecule has 1 heterocycles. The molecule has 3 rings (SSSR count). The van der Waals surface area contributed by atoms with Gasteiger partial charge in [0.2, 0.25) is 5.91 Å². The van der Waals surface area contributed by atoms with E-state index in [0.717, 1.165) is 16.9 Å². The number of anilines is 2. The number of rotatable bonds is 6. The molecule has 29 heavy (non-hydrogen) atoms. The van der Waals surface area contributed by atoms with Crippen molar-refractivity contribution in [1.29, 1.82) is 0 Å². The summed E-state index contributed by atoms with van der Waals surface area (Å²) >= 11 is 0. The van der Waals surface area contributed by atoms with E-state index in [0.29, 0.717) is 12.1 Å². The van der Waals surface area contributed by atoms with Crippen molar-refractivity contribution in [2.24, 2.45) is 0 Å². The SMILES string of the molecule is C=C1Nc2ccccc2NC(NC(=O)[C@@H](CC)c2ccccc2)=C1C(=O)OCC. The van der Waals surface area contributed by atoms with E-state index in [-0.39, 0.29) is 29.8 Å². The second-order valence-electron chi connectivity index (χ2n) is 6.61. The number of esters is 1. The molecule has 0 saturated carbocycles. The number of para-hydroxylation sites is 2. The third kappa shape index (κ3) is 4.48. The van der Waals surface area contributed by atoms with E-state index in [9.17, 15) is 9.59 Å². The van der Waals surface area contributed by atoms with Crippen molar-refractivity contribution in [2.45, 2.75) is 26.2 Å². The van der Waals surface area contributed by atoms with Crippen molar-refractivity contribution in [3.8, 4) is 0 Å². The second kappa shape index (κ2) is 9.10. The van der Waals surface area contributed by atoms with Gasteiger partial charge in [-0.05, 0) is 31.0 Å². The van der Waals surface area contributed by atoms with Crippen molar-refractivity contribution in [3.05, 3.63) is 83.8 Å². The molecule has 2 aromatic rings. The minimum atomic E-state index is -0.562. The first-order chi connectivity index (χ1) is 14.0. The molecule has 1 aliphatic heterocycles. The van der Waals surface area contributed by atoms with Crippen LogP contribution in [0.25, 0.3) is 0 Å². The number of amides is 1. The van der Waals surface area contributed by atoms with E-state index < -0.39 is 5.97 Å². The highest BCUT2D eigenvalue weighted by molar-refractivity contribution is 5.99. The molecule has 1 aliphatic rings. The lowest BCUT2D eigenvalue weighted by Crippen LogP contribution is -2.34. The largest absolute Gasteiger partial charge is 0.462 e. The van der Waals surface area contributed by atoms with E-state index in [1.54, 1.807) is 6.92 Å². The molecular weight excluding hydrogens is 366 g/mol. The molecule has 0 bridgehead atoms. The van der Waals surface area contributed by atoms with Gasteiger partial charge in [0.1, 0.15) is 11.4 Å². The summed E-state index contributed by atoms with van der Waals surface area (Å²) < 4.78 is 5.20. The van der Waals surface area contributed by atoms with Crippen LogP contribution in [-0.2, 0) is 14.3 Å². The van der Waals surface area contributed by atoms with Crippen LogP contribution in [0.3, 0.4) is 0 Å². The van der Waals surface area contributed by atoms with Gasteiger partial charge in [-0.15, -0.1) is 0 Å². The van der Waals surface area contributed by atoms with Gasteiger partial charge in [0.15, 0.2) is 0 Å². The fraction of sp³-hybridized carbons (Fsp3) is 0.217. The van der Waals surface area contributed by atoms with Crippen LogP contribution >= 0.6 is 0 Å². The van der Waals surface area contributed by atoms with Crippen LogP contribution in [0.1, 0.15) is 31.7 Å². The van der Waals surface area contributed by atoms with Crippen LogP contribution in [0, 0.1) is 0 Å². The molecule has 0 unspecified atom stereocenters. The summed E-state index contributed by atoms with van der Waals surface area (Å²) in [5, 5.41) is 9.18. The van der Waals surface area contributed by atoms with Gasteiger partial charge in [0.25, 0.3) is 0 Å². The monoisotopic (exact) mass is 391 g/mol. The van der Waals surface area contributed by atoms with E-state index in [4.69, 9.17) is 4.74 Å². The van der Waals surface area contributed by atoms with Crippen LogP contribution in [0.4, 0.5) is 11.4 Å². The number of carbonyl (C=O) groups excluding carboxylic acids is 2. The van der Waals surface area contributed by atoms with Gasteiger partial charge < -0.3 is 20.7 Å². The highest BCUT2D eigenvalue weighted by Gasteiger charge is 2.28. The Bertz CT molecular complexity index is 951. The first-order valence-electron chi connectivity index (χ1n) is 9.64. The number of carbonyl (C=O) groups is 2. The molecule has 0 radical (unpaired) electrons. The van der Waals surface area contributed by atoms with Crippen molar-refractivity contribution in [1.82, 2.24) is 5.32 Å². The topological polar surface area (TPSA) is 79.5 Å². The summed E-state index contributed by atoms with van der Waals surface area (Å²) in [5.74, 6) is -0.873. The van der Waals surface area contributed by atoms with E-state index in [1.165, 1.54) is 0 Å². The lowest BCUT2D eigenvalue weighted by Gasteiger charge is -2.19. The lowest BCUT2D eigenvalue weighted by atomic mass is 9.95. The molecule has 1 amide bonds. The zero-order chi connectivity index (χ0) is 20.8. The van der Waals surface area contributed by atoms with Gasteiger partial charge in [0, 0.05) is 5.70 Å². The fourth-order valence-corrected chi connectivity index (χ4v) is 3.26. The van der Waals surface area contributed by atoms with Crippen molar-refractivity contribution < 1.29 is 14.3 Å². The molecule has 150 valence electrons. The first-order valence-corrected chi connectivity index (χ1v) is 9.64. The molecule has 0 spiro atoms. The zero-order valence-corrected chi connectivity index (χ0v) is 16.6. The average molecular weight is 391 g/mol. The van der Waals surface area contributed by atoms with E-state index >= 15 is 0 Å². The van der Waals surface area contributed by atoms with Crippen LogP contribution in [0.2, 0.25) is 0 Å². The minimum Gasteiger partial charge on any atom is -0.462 e. The molecule has 0 aromatic heterocycles. The van der Waals surface area contributed by atoms with Crippen molar-refractivity contribution >= 4 is 23.3 Å². The number of benzene rings is 2. The quantitative estimate of drug-likeness (QED) is 0.646. The average Bonchev–Trinajstić information content (AvgIpc) is 2.84. The second-order valence-corrected chi connectivity index (χ2v) is 6.61. The van der Waals surface area contributed by atoms with Gasteiger partial charge in [-0.3, -0.25) is 4.79 Å². The number of nitrogens with one attached hydrogen (secondary N) is 3. The smallest absolute Gasteiger partial charge is 0.343 e. The third-order valence-corrected chi connectivity index (χ3v) is 4.68. The summed E-state index contributed by atoms with van der Waals surface area (Å²) in [6.45, 7) is 7.87. The maximum Gasteiger partial charge on any atom is 0.343 e. The Morgan fingerprint density at radius 1 is 1.00 bits per heavy atom. The number of fused-ring (bicyclic) bond motifs is 1. The molecule has 6 heteroatoms. The van der Waals surface area contributed by atoms with Gasteiger partial charge in [0.05, 0.1) is 23.9 Å². The van der Waals surface area contributed by atoms with Gasteiger partial charge >= 0.3 is 5.97 Å². The maximum absolute atomic E-state index is 13.1. The molecule has 0 saturated heterocycles. The lowest BCUT2D eigenvalue weighted by molar-refractivity contribution is -0.138. The predicted octanol–water partition coefficient (Wildman–Crippen LogP) is 4.12. The number of hydrogen-bond donors (Lipinski definition) is 3. The zero-order valence-electron chi connectivity index (χ0n) is 16.6. The highest BCUT2D eigenvalue weighted by Crippen LogP contribution is 2.31. The Labute approximate surface area is 170 Å². The third-order valence-electron chi connectivity index (χ3n) is 4.68. The summed E-state index contributed by atoms with van der Waals surface area (Å²) in [5.41, 5.74) is 2.90. The number of ether oxygens (including phenoxy) is 1. The fourth-order valence-electron chi connectivity index (χ4n) is 3.26. The van der Waals surface area contributed by atoms with Crippen LogP contribution in [0.15, 0.2) is 78.3 Å². The molecule has 0 aliphatic carbocycles. The Kier molecular flexibility index (Phi) is 6.34. The summed E-state index contributed by atoms with van der Waals surface area (Å²) in [7, 11) is 0. The molecule has 2 aromatic carbocycles. The Balaban J connectivity index is 1.98. The number of hydrogen-bond acceptors (Lipinski definition) is 5. The van der Waals surface area contributed by atoms with Gasteiger partial charge in [-0.2, -0.15) is 0 Å². The van der Waals surface area contributed by atoms with E-state index in [1.807, 2.05) is 61.5 Å². The standard InChI is InChI=1S/C23H25N3O3/c1-4-17(16-11-7-6-8-12-16)22(27)26-21-20(23(28)29-5-2)15(3)24-18-13-9-10-14-19(18)25-21/h6-14,17,24-25H,3-5H2,1-2H3,(H,26,27)/t17-/m0/s1. The molecular formula is C23H25N3O3. The molecule has 0 fully saturated rings. The van der Waals surface area contributed by atoms with Gasteiger partial charge in [-0.25, -0.2) is 4.79 Å². The predicted molar refractivity (Wildman–Crippen MR) is 114 cm³/mol. The van der Waals surface area contributed by atoms with Crippen LogP contribution in [0.5, 0.6) is 0 Å². The normalized spacial score (nSPS) is 14.1.